The van der Waals surface area contributed by atoms with Crippen LogP contribution in [0.1, 0.15) is 26.2 Å². The molecular weight excluding hydrogens is 166 g/mol. The maximum Gasteiger partial charge on any atom is 0.307 e. The third-order valence-electron chi connectivity index (χ3n) is 2.80. The highest BCUT2D eigenvalue weighted by Gasteiger charge is 2.21. The van der Waals surface area contributed by atoms with E-state index in [1.807, 2.05) is 7.05 Å². The first-order chi connectivity index (χ1) is 6.09. The number of carboxylic acid groups (broad SMARTS) is 1. The predicted molar refractivity (Wildman–Crippen MR) is 51.6 cm³/mol. The number of carboxylic acids is 1. The molecule has 1 unspecified atom stereocenters. The van der Waals surface area contributed by atoms with Gasteiger partial charge in [0.1, 0.15) is 0 Å². The first kappa shape index (κ1) is 10.5. The highest BCUT2D eigenvalue weighted by Crippen LogP contribution is 2.26. The Morgan fingerprint density at radius 2 is 2.23 bits per heavy atom. The minimum absolute atomic E-state index is 0.245. The molecular formula is C10H19NO2. The molecule has 0 aliphatic heterocycles. The summed E-state index contributed by atoms with van der Waals surface area (Å²) in [6.07, 6.45) is 4.00. The summed E-state index contributed by atoms with van der Waals surface area (Å²) in [5.41, 5.74) is 0. The lowest BCUT2D eigenvalue weighted by atomic mass is 9.85. The normalized spacial score (nSPS) is 19.9. The highest BCUT2D eigenvalue weighted by molar-refractivity contribution is 5.69. The molecule has 0 amide bonds. The number of carbonyl (C=O) groups is 1. The zero-order chi connectivity index (χ0) is 9.84. The van der Waals surface area contributed by atoms with Gasteiger partial charge < -0.3 is 10.0 Å². The van der Waals surface area contributed by atoms with E-state index in [1.165, 1.54) is 19.3 Å². The zero-order valence-corrected chi connectivity index (χ0v) is 8.49. The predicted octanol–water partition coefficient (Wildman–Crippen LogP) is 1.44. The minimum Gasteiger partial charge on any atom is -0.481 e. The van der Waals surface area contributed by atoms with Crippen LogP contribution in [0.5, 0.6) is 0 Å². The molecule has 0 aromatic heterocycles. The SMILES string of the molecule is CC(CN(C)CC1CCC1)C(=O)O. The van der Waals surface area contributed by atoms with Crippen LogP contribution < -0.4 is 0 Å². The van der Waals surface area contributed by atoms with Crippen LogP contribution in [-0.2, 0) is 4.79 Å². The Hall–Kier alpha value is -0.570. The molecule has 1 saturated carbocycles. The van der Waals surface area contributed by atoms with Crippen LogP contribution in [0.3, 0.4) is 0 Å². The van der Waals surface area contributed by atoms with Gasteiger partial charge in [0.15, 0.2) is 0 Å². The molecule has 0 aromatic carbocycles. The molecule has 0 heterocycles. The maximum atomic E-state index is 10.6. The van der Waals surface area contributed by atoms with Gasteiger partial charge in [0.25, 0.3) is 0 Å². The van der Waals surface area contributed by atoms with Gasteiger partial charge in [-0.25, -0.2) is 0 Å². The van der Waals surface area contributed by atoms with Crippen molar-refractivity contribution in [3.05, 3.63) is 0 Å². The van der Waals surface area contributed by atoms with Crippen molar-refractivity contribution in [2.24, 2.45) is 11.8 Å². The Labute approximate surface area is 79.7 Å². The summed E-state index contributed by atoms with van der Waals surface area (Å²) in [6.45, 7) is 3.50. The summed E-state index contributed by atoms with van der Waals surface area (Å²) >= 11 is 0. The molecule has 0 bridgehead atoms. The molecule has 3 nitrogen and oxygen atoms in total. The van der Waals surface area contributed by atoms with Crippen LogP contribution in [0, 0.1) is 11.8 Å². The molecule has 1 fully saturated rings. The van der Waals surface area contributed by atoms with Gasteiger partial charge >= 0.3 is 5.97 Å². The molecule has 3 heteroatoms. The van der Waals surface area contributed by atoms with Crippen molar-refractivity contribution in [2.45, 2.75) is 26.2 Å². The van der Waals surface area contributed by atoms with Crippen molar-refractivity contribution in [1.82, 2.24) is 4.90 Å². The summed E-state index contributed by atoms with van der Waals surface area (Å²) in [5.74, 6) is -0.114. The average molecular weight is 185 g/mol. The summed E-state index contributed by atoms with van der Waals surface area (Å²) in [4.78, 5) is 12.7. The van der Waals surface area contributed by atoms with Crippen molar-refractivity contribution < 1.29 is 9.90 Å². The van der Waals surface area contributed by atoms with E-state index in [1.54, 1.807) is 6.92 Å². The fourth-order valence-corrected chi connectivity index (χ4v) is 1.74. The number of aliphatic carboxylic acids is 1. The van der Waals surface area contributed by atoms with Gasteiger partial charge in [-0.3, -0.25) is 4.79 Å². The van der Waals surface area contributed by atoms with E-state index >= 15 is 0 Å². The standard InChI is InChI=1S/C10H19NO2/c1-8(10(12)13)6-11(2)7-9-4-3-5-9/h8-9H,3-7H2,1-2H3,(H,12,13). The van der Waals surface area contributed by atoms with Crippen molar-refractivity contribution in [3.63, 3.8) is 0 Å². The highest BCUT2D eigenvalue weighted by atomic mass is 16.4. The van der Waals surface area contributed by atoms with E-state index < -0.39 is 5.97 Å². The van der Waals surface area contributed by atoms with Gasteiger partial charge in [-0.05, 0) is 25.8 Å². The number of hydrogen-bond donors (Lipinski definition) is 1. The van der Waals surface area contributed by atoms with Gasteiger partial charge in [0, 0.05) is 13.1 Å². The third kappa shape index (κ3) is 3.35. The summed E-state index contributed by atoms with van der Waals surface area (Å²) in [6, 6.07) is 0. The smallest absolute Gasteiger partial charge is 0.307 e. The van der Waals surface area contributed by atoms with E-state index in [9.17, 15) is 4.79 Å². The molecule has 0 aromatic rings. The fraction of sp³-hybridized carbons (Fsp3) is 0.900. The van der Waals surface area contributed by atoms with Crippen molar-refractivity contribution in [2.75, 3.05) is 20.1 Å². The molecule has 1 rings (SSSR count). The van der Waals surface area contributed by atoms with Gasteiger partial charge in [-0.2, -0.15) is 0 Å². The molecule has 0 saturated heterocycles. The molecule has 13 heavy (non-hydrogen) atoms. The monoisotopic (exact) mass is 185 g/mol. The summed E-state index contributed by atoms with van der Waals surface area (Å²) < 4.78 is 0. The van der Waals surface area contributed by atoms with Crippen LogP contribution >= 0.6 is 0 Å². The molecule has 1 N–H and O–H groups in total. The zero-order valence-electron chi connectivity index (χ0n) is 8.49. The lowest BCUT2D eigenvalue weighted by Crippen LogP contribution is -2.34. The van der Waals surface area contributed by atoms with Crippen LogP contribution in [-0.4, -0.2) is 36.1 Å². The minimum atomic E-state index is -0.694. The Kier molecular flexibility index (Phi) is 3.72. The van der Waals surface area contributed by atoms with Crippen molar-refractivity contribution in [1.29, 1.82) is 0 Å². The Balaban J connectivity index is 2.15. The molecule has 1 aliphatic carbocycles. The Morgan fingerprint density at radius 3 is 2.62 bits per heavy atom. The number of hydrogen-bond acceptors (Lipinski definition) is 2. The second-order valence-electron chi connectivity index (χ2n) is 4.26. The quantitative estimate of drug-likeness (QED) is 0.704. The van der Waals surface area contributed by atoms with E-state index in [4.69, 9.17) is 5.11 Å². The van der Waals surface area contributed by atoms with Crippen molar-refractivity contribution >= 4 is 5.97 Å². The van der Waals surface area contributed by atoms with Crippen LogP contribution in [0.25, 0.3) is 0 Å². The molecule has 1 atom stereocenters. The largest absolute Gasteiger partial charge is 0.481 e. The van der Waals surface area contributed by atoms with Crippen LogP contribution in [0.2, 0.25) is 0 Å². The van der Waals surface area contributed by atoms with Gasteiger partial charge in [0.05, 0.1) is 5.92 Å². The second kappa shape index (κ2) is 4.61. The van der Waals surface area contributed by atoms with Crippen molar-refractivity contribution in [3.8, 4) is 0 Å². The summed E-state index contributed by atoms with van der Waals surface area (Å²) in [7, 11) is 2.01. The van der Waals surface area contributed by atoms with E-state index in [2.05, 4.69) is 4.90 Å². The van der Waals surface area contributed by atoms with Gasteiger partial charge in [0.2, 0.25) is 0 Å². The fourth-order valence-electron chi connectivity index (χ4n) is 1.74. The first-order valence-corrected chi connectivity index (χ1v) is 5.01. The Morgan fingerprint density at radius 1 is 1.62 bits per heavy atom. The molecule has 76 valence electrons. The average Bonchev–Trinajstić information content (AvgIpc) is 1.96. The lowest BCUT2D eigenvalue weighted by Gasteiger charge is -2.30. The summed E-state index contributed by atoms with van der Waals surface area (Å²) in [5, 5.41) is 8.71. The van der Waals surface area contributed by atoms with E-state index in [-0.39, 0.29) is 5.92 Å². The molecule has 1 aliphatic rings. The third-order valence-corrected chi connectivity index (χ3v) is 2.80. The second-order valence-corrected chi connectivity index (χ2v) is 4.26. The van der Waals surface area contributed by atoms with Crippen LogP contribution in [0.15, 0.2) is 0 Å². The molecule has 0 radical (unpaired) electrons. The van der Waals surface area contributed by atoms with E-state index in [0.29, 0.717) is 6.54 Å². The van der Waals surface area contributed by atoms with Crippen LogP contribution in [0.4, 0.5) is 0 Å². The first-order valence-electron chi connectivity index (χ1n) is 5.01. The molecule has 0 spiro atoms. The lowest BCUT2D eigenvalue weighted by molar-refractivity contribution is -0.141. The maximum absolute atomic E-state index is 10.6. The van der Waals surface area contributed by atoms with Gasteiger partial charge in [-0.1, -0.05) is 13.3 Å². The Bertz CT molecular complexity index is 178. The number of nitrogens with zero attached hydrogens (tertiary/aromatic N) is 1. The number of rotatable bonds is 5. The van der Waals surface area contributed by atoms with E-state index in [0.717, 1.165) is 12.5 Å². The topological polar surface area (TPSA) is 40.5 Å². The van der Waals surface area contributed by atoms with Gasteiger partial charge in [-0.15, -0.1) is 0 Å².